The topological polar surface area (TPSA) is 82.6 Å². The Hall–Kier alpha value is -3.31. The molecule has 0 radical (unpaired) electrons. The van der Waals surface area contributed by atoms with Crippen molar-refractivity contribution in [2.75, 3.05) is 45.2 Å². The van der Waals surface area contributed by atoms with Gasteiger partial charge in [-0.05, 0) is 67.5 Å². The fourth-order valence-electron chi connectivity index (χ4n) is 6.20. The number of urea groups is 1. The van der Waals surface area contributed by atoms with Gasteiger partial charge in [-0.2, -0.15) is 13.2 Å². The highest BCUT2D eigenvalue weighted by atomic mass is 19.4. The van der Waals surface area contributed by atoms with Crippen LogP contribution in [0.5, 0.6) is 5.75 Å². The summed E-state index contributed by atoms with van der Waals surface area (Å²) in [7, 11) is 3.25. The van der Waals surface area contributed by atoms with Gasteiger partial charge in [0.25, 0.3) is 0 Å². The number of carbonyl (C=O) groups is 2. The molecule has 1 atom stereocenters. The van der Waals surface area contributed by atoms with Gasteiger partial charge in [0.15, 0.2) is 6.10 Å². The predicted molar refractivity (Wildman–Crippen MR) is 145 cm³/mol. The molecule has 2 heterocycles. The summed E-state index contributed by atoms with van der Waals surface area (Å²) in [6, 6.07) is 12.3. The average molecular weight is 576 g/mol. The summed E-state index contributed by atoms with van der Waals surface area (Å²) < 4.78 is 52.1. The maximum Gasteiger partial charge on any atom is 0.418 e. The lowest BCUT2D eigenvalue weighted by Gasteiger charge is -2.42. The van der Waals surface area contributed by atoms with Crippen LogP contribution in [0, 0.1) is 5.41 Å². The van der Waals surface area contributed by atoms with Gasteiger partial charge in [0.05, 0.1) is 31.3 Å². The molecule has 0 bridgehead atoms. The number of amides is 3. The zero-order chi connectivity index (χ0) is 29.4. The molecule has 3 amide bonds. The van der Waals surface area contributed by atoms with E-state index in [-0.39, 0.29) is 30.7 Å². The number of alkyl halides is 3. The number of ether oxygens (including phenoxy) is 2. The van der Waals surface area contributed by atoms with E-state index < -0.39 is 23.3 Å². The lowest BCUT2D eigenvalue weighted by molar-refractivity contribution is -0.227. The van der Waals surface area contributed by atoms with E-state index in [0.29, 0.717) is 68.7 Å². The summed E-state index contributed by atoms with van der Waals surface area (Å²) >= 11 is 0. The van der Waals surface area contributed by atoms with Crippen LogP contribution in [0.2, 0.25) is 0 Å². The third-order valence-electron chi connectivity index (χ3n) is 8.82. The second-order valence-electron chi connectivity index (χ2n) is 11.5. The predicted octanol–water partition coefficient (Wildman–Crippen LogP) is 4.91. The first kappa shape index (κ1) is 29.2. The number of aliphatic hydroxyl groups is 1. The Balaban J connectivity index is 1.22. The fourth-order valence-corrected chi connectivity index (χ4v) is 6.20. The molecule has 2 aromatic carbocycles. The van der Waals surface area contributed by atoms with Crippen LogP contribution >= 0.6 is 0 Å². The number of rotatable bonds is 8. The van der Waals surface area contributed by atoms with Crippen LogP contribution < -0.4 is 9.64 Å². The molecule has 0 aromatic heterocycles. The highest BCUT2D eigenvalue weighted by molar-refractivity contribution is 6.00. The molecule has 1 spiro atoms. The average Bonchev–Trinajstić information content (AvgIpc) is 3.44. The van der Waals surface area contributed by atoms with Crippen molar-refractivity contribution in [3.8, 4) is 5.75 Å². The summed E-state index contributed by atoms with van der Waals surface area (Å²) in [6.07, 6.45) is -4.28. The van der Waals surface area contributed by atoms with E-state index in [1.165, 1.54) is 31.4 Å². The van der Waals surface area contributed by atoms with E-state index >= 15 is 0 Å². The smallest absolute Gasteiger partial charge is 0.418 e. The molecule has 1 N–H and O–H groups in total. The Morgan fingerprint density at radius 3 is 2.15 bits per heavy atom. The molecule has 11 heteroatoms. The van der Waals surface area contributed by atoms with Crippen LogP contribution in [0.4, 0.5) is 23.7 Å². The van der Waals surface area contributed by atoms with Crippen LogP contribution in [-0.4, -0.2) is 79.0 Å². The van der Waals surface area contributed by atoms with Gasteiger partial charge in [-0.3, -0.25) is 4.79 Å². The number of methoxy groups -OCH3 is 1. The Bertz CT molecular complexity index is 1240. The summed E-state index contributed by atoms with van der Waals surface area (Å²) in [5.41, 5.74) is -0.547. The Kier molecular flexibility index (Phi) is 7.95. The summed E-state index contributed by atoms with van der Waals surface area (Å²) in [4.78, 5) is 30.8. The summed E-state index contributed by atoms with van der Waals surface area (Å²) in [6.45, 7) is 1.70. The van der Waals surface area contributed by atoms with Crippen molar-refractivity contribution in [1.82, 2.24) is 9.80 Å². The van der Waals surface area contributed by atoms with Gasteiger partial charge in [-0.1, -0.05) is 24.3 Å². The Morgan fingerprint density at radius 1 is 0.927 bits per heavy atom. The zero-order valence-corrected chi connectivity index (χ0v) is 23.3. The second-order valence-corrected chi connectivity index (χ2v) is 11.5. The van der Waals surface area contributed by atoms with Crippen LogP contribution in [0.25, 0.3) is 0 Å². The fraction of sp³-hybridized carbons (Fsp3) is 0.533. The van der Waals surface area contributed by atoms with Crippen LogP contribution in [0.3, 0.4) is 0 Å². The zero-order valence-electron chi connectivity index (χ0n) is 23.3. The normalized spacial score (nSPS) is 25.9. The van der Waals surface area contributed by atoms with Gasteiger partial charge in [0.1, 0.15) is 5.75 Å². The lowest BCUT2D eigenvalue weighted by atomic mass is 9.67. The second kappa shape index (κ2) is 11.2. The third-order valence-corrected chi connectivity index (χ3v) is 8.82. The van der Waals surface area contributed by atoms with E-state index in [1.54, 1.807) is 46.0 Å². The SMILES string of the molecule is COc1ccc(COC(c2ccc(N3CCC4(CCC(O)(CN5CCN(C)C5=O)CC4)C3=O)cc2)C(F)(F)F)cc1. The number of carbonyl (C=O) groups excluding carboxylic acids is 2. The molecular formula is C30H36F3N3O5. The van der Waals surface area contributed by atoms with E-state index in [2.05, 4.69) is 0 Å². The van der Waals surface area contributed by atoms with Gasteiger partial charge in [0, 0.05) is 32.4 Å². The largest absolute Gasteiger partial charge is 0.497 e. The molecule has 222 valence electrons. The number of hydrogen-bond acceptors (Lipinski definition) is 5. The van der Waals surface area contributed by atoms with Gasteiger partial charge in [0.2, 0.25) is 5.91 Å². The minimum Gasteiger partial charge on any atom is -0.497 e. The molecule has 2 aliphatic heterocycles. The summed E-state index contributed by atoms with van der Waals surface area (Å²) in [5.74, 6) is 0.540. The molecule has 41 heavy (non-hydrogen) atoms. The van der Waals surface area contributed by atoms with Gasteiger partial charge < -0.3 is 29.3 Å². The molecule has 1 saturated carbocycles. The minimum atomic E-state index is -4.62. The van der Waals surface area contributed by atoms with E-state index in [0.717, 1.165) is 0 Å². The highest BCUT2D eigenvalue weighted by Crippen LogP contribution is 2.49. The molecule has 3 fully saturated rings. The maximum atomic E-state index is 13.9. The monoisotopic (exact) mass is 575 g/mol. The maximum absolute atomic E-state index is 13.9. The molecule has 8 nitrogen and oxygen atoms in total. The number of anilines is 1. The Morgan fingerprint density at radius 2 is 1.59 bits per heavy atom. The molecule has 2 aromatic rings. The molecule has 2 saturated heterocycles. The van der Waals surface area contributed by atoms with Gasteiger partial charge >= 0.3 is 12.2 Å². The highest BCUT2D eigenvalue weighted by Gasteiger charge is 2.52. The van der Waals surface area contributed by atoms with Crippen molar-refractivity contribution >= 4 is 17.6 Å². The number of hydrogen-bond donors (Lipinski definition) is 1. The van der Waals surface area contributed by atoms with Gasteiger partial charge in [-0.25, -0.2) is 4.79 Å². The van der Waals surface area contributed by atoms with E-state index in [1.807, 2.05) is 0 Å². The van der Waals surface area contributed by atoms with Crippen LogP contribution in [0.1, 0.15) is 49.3 Å². The Labute approximate surface area is 237 Å². The van der Waals surface area contributed by atoms with Crippen molar-refractivity contribution in [2.24, 2.45) is 5.41 Å². The number of halogens is 3. The van der Waals surface area contributed by atoms with Crippen molar-refractivity contribution in [1.29, 1.82) is 0 Å². The van der Waals surface area contributed by atoms with E-state index in [9.17, 15) is 27.9 Å². The van der Waals surface area contributed by atoms with Gasteiger partial charge in [-0.15, -0.1) is 0 Å². The lowest BCUT2D eigenvalue weighted by Crippen LogP contribution is -2.50. The summed E-state index contributed by atoms with van der Waals surface area (Å²) in [5, 5.41) is 11.2. The number of benzene rings is 2. The number of nitrogens with zero attached hydrogens (tertiary/aromatic N) is 3. The third kappa shape index (κ3) is 6.01. The van der Waals surface area contributed by atoms with Crippen molar-refractivity contribution in [2.45, 2.75) is 56.6 Å². The molecule has 3 aliphatic rings. The molecule has 1 aliphatic carbocycles. The molecular weight excluding hydrogens is 539 g/mol. The number of likely N-dealkylation sites (N-methyl/N-ethyl adjacent to an activating group) is 1. The van der Waals surface area contributed by atoms with Crippen LogP contribution in [-0.2, 0) is 16.1 Å². The number of β-amino-alcohol motifs (C(OH)–C–C–N with tert-alkyl or cyclic N) is 1. The minimum absolute atomic E-state index is 0.0408. The van der Waals surface area contributed by atoms with E-state index in [4.69, 9.17) is 9.47 Å². The van der Waals surface area contributed by atoms with Crippen molar-refractivity contribution in [3.63, 3.8) is 0 Å². The molecule has 5 rings (SSSR count). The van der Waals surface area contributed by atoms with Crippen molar-refractivity contribution < 1.29 is 37.3 Å². The molecule has 1 unspecified atom stereocenters. The van der Waals surface area contributed by atoms with Crippen LogP contribution in [0.15, 0.2) is 48.5 Å². The first-order valence-electron chi connectivity index (χ1n) is 13.9. The first-order chi connectivity index (χ1) is 19.4. The first-order valence-corrected chi connectivity index (χ1v) is 13.9. The quantitative estimate of drug-likeness (QED) is 0.484. The van der Waals surface area contributed by atoms with Crippen molar-refractivity contribution in [3.05, 3.63) is 59.7 Å². The standard InChI is InChI=1S/C30H36F3N3O5/c1-34-17-18-35(27(34)38)20-29(39)13-11-28(12-14-29)15-16-36(26(28)37)23-7-5-22(6-8-23)25(30(31,32)33)41-19-21-3-9-24(40-2)10-4-21/h3-10,25,39H,11-20H2,1-2H3.